The van der Waals surface area contributed by atoms with Gasteiger partial charge in [-0.25, -0.2) is 13.1 Å². The number of benzene rings is 1. The van der Waals surface area contributed by atoms with Crippen molar-refractivity contribution in [2.75, 3.05) is 19.3 Å². The van der Waals surface area contributed by atoms with Crippen LogP contribution in [-0.4, -0.2) is 27.8 Å². The molecule has 0 heterocycles. The van der Waals surface area contributed by atoms with Crippen molar-refractivity contribution < 1.29 is 8.42 Å². The third kappa shape index (κ3) is 7.62. The van der Waals surface area contributed by atoms with Gasteiger partial charge >= 0.3 is 0 Å². The molecule has 0 saturated carbocycles. The summed E-state index contributed by atoms with van der Waals surface area (Å²) in [4.78, 5) is 0. The van der Waals surface area contributed by atoms with Gasteiger partial charge in [-0.15, -0.1) is 0 Å². The van der Waals surface area contributed by atoms with E-state index in [1.165, 1.54) is 31.1 Å². The van der Waals surface area contributed by atoms with E-state index in [9.17, 15) is 8.42 Å². The van der Waals surface area contributed by atoms with Crippen LogP contribution in [0.15, 0.2) is 30.3 Å². The van der Waals surface area contributed by atoms with Crippen molar-refractivity contribution in [1.82, 2.24) is 10.0 Å². The minimum Gasteiger partial charge on any atom is -0.309 e. The van der Waals surface area contributed by atoms with E-state index in [2.05, 4.69) is 29.1 Å². The molecule has 2 N–H and O–H groups in total. The number of rotatable bonds is 10. The lowest BCUT2D eigenvalue weighted by molar-refractivity contribution is 0.475. The Labute approximate surface area is 123 Å². The second-order valence-electron chi connectivity index (χ2n) is 5.08. The first-order chi connectivity index (χ1) is 9.53. The van der Waals surface area contributed by atoms with E-state index in [0.717, 1.165) is 6.42 Å². The quantitative estimate of drug-likeness (QED) is 0.652. The van der Waals surface area contributed by atoms with Crippen molar-refractivity contribution >= 4 is 10.0 Å². The van der Waals surface area contributed by atoms with E-state index in [1.54, 1.807) is 0 Å². The van der Waals surface area contributed by atoms with E-state index in [-0.39, 0.29) is 0 Å². The number of hydrogen-bond acceptors (Lipinski definition) is 3. The Morgan fingerprint density at radius 3 is 2.40 bits per heavy atom. The molecule has 0 aliphatic rings. The Balaban J connectivity index is 2.46. The molecule has 0 bridgehead atoms. The van der Waals surface area contributed by atoms with Crippen LogP contribution in [0.1, 0.15) is 44.2 Å². The first-order valence-electron chi connectivity index (χ1n) is 7.26. The molecule has 0 saturated heterocycles. The fraction of sp³-hybridized carbons (Fsp3) is 0.600. The molecule has 1 aromatic carbocycles. The van der Waals surface area contributed by atoms with E-state index in [4.69, 9.17) is 0 Å². The summed E-state index contributed by atoms with van der Waals surface area (Å²) >= 11 is 0. The molecule has 1 aromatic rings. The maximum absolute atomic E-state index is 11.0. The molecule has 1 rings (SSSR count). The summed E-state index contributed by atoms with van der Waals surface area (Å²) in [5, 5.41) is 3.44. The Bertz CT molecular complexity index is 460. The molecule has 0 spiro atoms. The predicted octanol–water partition coefficient (Wildman–Crippen LogP) is 2.45. The van der Waals surface area contributed by atoms with Gasteiger partial charge in [-0.3, -0.25) is 0 Å². The summed E-state index contributed by atoms with van der Waals surface area (Å²) in [6, 6.07) is 10.6. The fourth-order valence-electron chi connectivity index (χ4n) is 2.15. The van der Waals surface area contributed by atoms with Gasteiger partial charge in [-0.05, 0) is 12.0 Å². The van der Waals surface area contributed by atoms with Crippen LogP contribution in [0.4, 0.5) is 0 Å². The summed E-state index contributed by atoms with van der Waals surface area (Å²) in [5.74, 6) is 0. The van der Waals surface area contributed by atoms with Crippen LogP contribution in [0.2, 0.25) is 0 Å². The number of hydrogen-bond donors (Lipinski definition) is 2. The van der Waals surface area contributed by atoms with E-state index in [1.807, 2.05) is 18.2 Å². The zero-order valence-electron chi connectivity index (χ0n) is 12.4. The minimum atomic E-state index is -3.10. The van der Waals surface area contributed by atoms with Crippen molar-refractivity contribution in [3.63, 3.8) is 0 Å². The molecule has 0 aliphatic heterocycles. The van der Waals surface area contributed by atoms with Crippen molar-refractivity contribution in [2.24, 2.45) is 0 Å². The van der Waals surface area contributed by atoms with Crippen molar-refractivity contribution in [2.45, 2.75) is 38.6 Å². The zero-order chi connectivity index (χ0) is 14.8. The van der Waals surface area contributed by atoms with Gasteiger partial charge in [0.05, 0.1) is 6.26 Å². The number of unbranched alkanes of at least 4 members (excludes halogenated alkanes) is 2. The minimum absolute atomic E-state index is 0.295. The van der Waals surface area contributed by atoms with E-state index < -0.39 is 10.0 Å². The summed E-state index contributed by atoms with van der Waals surface area (Å²) in [5.41, 5.74) is 1.27. The molecular formula is C15H26N2O2S. The van der Waals surface area contributed by atoms with Crippen LogP contribution in [0.25, 0.3) is 0 Å². The molecule has 114 valence electrons. The Morgan fingerprint density at radius 1 is 1.10 bits per heavy atom. The highest BCUT2D eigenvalue weighted by molar-refractivity contribution is 7.88. The van der Waals surface area contributed by atoms with Gasteiger partial charge in [0.25, 0.3) is 0 Å². The lowest BCUT2D eigenvalue weighted by Crippen LogP contribution is -2.33. The molecule has 1 atom stereocenters. The van der Waals surface area contributed by atoms with E-state index >= 15 is 0 Å². The SMILES string of the molecule is CCCCCC(NCCNS(C)(=O)=O)c1ccccc1. The average Bonchev–Trinajstić information content (AvgIpc) is 2.41. The molecule has 0 fully saturated rings. The van der Waals surface area contributed by atoms with Crippen LogP contribution in [0.5, 0.6) is 0 Å². The third-order valence-corrected chi connectivity index (χ3v) is 3.91. The largest absolute Gasteiger partial charge is 0.309 e. The fourth-order valence-corrected chi connectivity index (χ4v) is 2.63. The molecule has 1 unspecified atom stereocenters. The molecule has 4 nitrogen and oxygen atoms in total. The summed E-state index contributed by atoms with van der Waals surface area (Å²) < 4.78 is 24.5. The van der Waals surface area contributed by atoms with Crippen molar-refractivity contribution in [3.8, 4) is 0 Å². The number of nitrogens with one attached hydrogen (secondary N) is 2. The van der Waals surface area contributed by atoms with Gasteiger partial charge in [-0.1, -0.05) is 56.5 Å². The van der Waals surface area contributed by atoms with E-state index in [0.29, 0.717) is 19.1 Å². The topological polar surface area (TPSA) is 58.2 Å². The maximum atomic E-state index is 11.0. The molecular weight excluding hydrogens is 272 g/mol. The molecule has 20 heavy (non-hydrogen) atoms. The van der Waals surface area contributed by atoms with Crippen molar-refractivity contribution in [3.05, 3.63) is 35.9 Å². The first-order valence-corrected chi connectivity index (χ1v) is 9.15. The normalized spacial score (nSPS) is 13.3. The lowest BCUT2D eigenvalue weighted by Gasteiger charge is -2.19. The van der Waals surface area contributed by atoms with Crippen LogP contribution in [0.3, 0.4) is 0 Å². The summed E-state index contributed by atoms with van der Waals surface area (Å²) in [6.45, 7) is 3.26. The second kappa shape index (κ2) is 9.10. The van der Waals surface area contributed by atoms with Gasteiger partial charge < -0.3 is 5.32 Å². The predicted molar refractivity (Wildman–Crippen MR) is 84.2 cm³/mol. The molecule has 0 aromatic heterocycles. The summed E-state index contributed by atoms with van der Waals surface area (Å²) in [7, 11) is -3.10. The highest BCUT2D eigenvalue weighted by Gasteiger charge is 2.10. The van der Waals surface area contributed by atoms with Crippen LogP contribution in [0, 0.1) is 0 Å². The molecule has 5 heteroatoms. The molecule has 0 amide bonds. The Hall–Kier alpha value is -0.910. The average molecular weight is 298 g/mol. The van der Waals surface area contributed by atoms with Gasteiger partial charge in [0, 0.05) is 19.1 Å². The smallest absolute Gasteiger partial charge is 0.208 e. The van der Waals surface area contributed by atoms with Gasteiger partial charge in [0.2, 0.25) is 10.0 Å². The first kappa shape index (κ1) is 17.1. The van der Waals surface area contributed by atoms with Gasteiger partial charge in [0.1, 0.15) is 0 Å². The molecule has 0 radical (unpaired) electrons. The van der Waals surface area contributed by atoms with Crippen molar-refractivity contribution in [1.29, 1.82) is 0 Å². The Morgan fingerprint density at radius 2 is 1.80 bits per heavy atom. The van der Waals surface area contributed by atoms with Crippen LogP contribution >= 0.6 is 0 Å². The second-order valence-corrected chi connectivity index (χ2v) is 6.91. The van der Waals surface area contributed by atoms with Gasteiger partial charge in [0.15, 0.2) is 0 Å². The highest BCUT2D eigenvalue weighted by atomic mass is 32.2. The maximum Gasteiger partial charge on any atom is 0.208 e. The Kier molecular flexibility index (Phi) is 7.80. The highest BCUT2D eigenvalue weighted by Crippen LogP contribution is 2.19. The zero-order valence-corrected chi connectivity index (χ0v) is 13.2. The third-order valence-electron chi connectivity index (χ3n) is 3.18. The van der Waals surface area contributed by atoms with Gasteiger partial charge in [-0.2, -0.15) is 0 Å². The summed E-state index contributed by atoms with van der Waals surface area (Å²) in [6.07, 6.45) is 5.88. The number of sulfonamides is 1. The monoisotopic (exact) mass is 298 g/mol. The van der Waals surface area contributed by atoms with Crippen LogP contribution in [-0.2, 0) is 10.0 Å². The molecule has 0 aliphatic carbocycles. The lowest BCUT2D eigenvalue weighted by atomic mass is 10.0. The standard InChI is InChI=1S/C15H26N2O2S/c1-3-4-6-11-15(14-9-7-5-8-10-14)16-12-13-17-20(2,18)19/h5,7-10,15-17H,3-4,6,11-13H2,1-2H3. The van der Waals surface area contributed by atoms with Crippen LogP contribution < -0.4 is 10.0 Å².